The molecule has 164 valence electrons. The van der Waals surface area contributed by atoms with E-state index in [9.17, 15) is 15.6 Å². The zero-order chi connectivity index (χ0) is 22.2. The van der Waals surface area contributed by atoms with Gasteiger partial charge in [0, 0.05) is 36.4 Å². The van der Waals surface area contributed by atoms with Gasteiger partial charge in [0.2, 0.25) is 32.9 Å². The first kappa shape index (κ1) is 26.2. The maximum atomic E-state index is 10.5. The van der Waals surface area contributed by atoms with Crippen LogP contribution in [0.4, 0.5) is 17.1 Å². The Morgan fingerprint density at radius 1 is 0.452 bits per heavy atom. The van der Waals surface area contributed by atoms with Gasteiger partial charge in [0.25, 0.3) is 0 Å². The molecule has 0 unspecified atom stereocenters. The van der Waals surface area contributed by atoms with Crippen LogP contribution in [-0.2, 0) is 0 Å². The first-order valence-corrected chi connectivity index (χ1v) is 8.15. The summed E-state index contributed by atoms with van der Waals surface area (Å²) in [4.78, 5) is 0.417. The number of rotatable bonds is 3. The van der Waals surface area contributed by atoms with Crippen molar-refractivity contribution < 1.29 is 30.2 Å². The van der Waals surface area contributed by atoms with E-state index in [1.54, 1.807) is 91.0 Å². The molecule has 3 aromatic carbocycles. The fraction of sp³-hybridized carbons (Fsp3) is 0. The van der Waals surface area contributed by atoms with E-state index in [1.165, 1.54) is 0 Å². The van der Waals surface area contributed by atoms with Crippen LogP contribution in [0.15, 0.2) is 107 Å². The van der Waals surface area contributed by atoms with Crippen molar-refractivity contribution in [2.24, 2.45) is 15.8 Å². The molecule has 0 saturated carbocycles. The largest absolute Gasteiger partial charge is 0.592 e. The van der Waals surface area contributed by atoms with E-state index in [0.717, 1.165) is 0 Å². The van der Waals surface area contributed by atoms with Crippen LogP contribution in [0.25, 0.3) is 0 Å². The quantitative estimate of drug-likeness (QED) is 0.248. The third-order valence-corrected chi connectivity index (χ3v) is 3.17. The Labute approximate surface area is 176 Å². The van der Waals surface area contributed by atoms with Crippen LogP contribution in [0, 0.1) is 15.6 Å². The minimum absolute atomic E-state index is 0. The standard InChI is InChI=1S/3C6H6N2O2.H3N/c3*9-7-8(10)6-4-2-1-3-5-6;/h3*1-5,9H;1H3. The maximum Gasteiger partial charge on any atom is 0.248 e. The lowest BCUT2D eigenvalue weighted by atomic mass is 10.3. The van der Waals surface area contributed by atoms with Gasteiger partial charge in [-0.3, -0.25) is 0 Å². The molecule has 0 bridgehead atoms. The molecule has 31 heavy (non-hydrogen) atoms. The summed E-state index contributed by atoms with van der Waals surface area (Å²) < 4.78 is 0. The molecule has 0 aliphatic heterocycles. The van der Waals surface area contributed by atoms with Gasteiger partial charge < -0.3 is 37.4 Å². The molecule has 3 aromatic rings. The van der Waals surface area contributed by atoms with Crippen LogP contribution in [0.2, 0.25) is 0 Å². The lowest BCUT2D eigenvalue weighted by molar-refractivity contribution is -0.474. The van der Waals surface area contributed by atoms with Crippen LogP contribution >= 0.6 is 0 Å². The van der Waals surface area contributed by atoms with Crippen LogP contribution in [0.5, 0.6) is 0 Å². The van der Waals surface area contributed by atoms with E-state index in [1.807, 2.05) is 0 Å². The third-order valence-electron chi connectivity index (χ3n) is 3.17. The van der Waals surface area contributed by atoms with Gasteiger partial charge in [-0.2, -0.15) is 0 Å². The molecule has 0 radical (unpaired) electrons. The zero-order valence-electron chi connectivity index (χ0n) is 16.1. The van der Waals surface area contributed by atoms with E-state index in [4.69, 9.17) is 15.6 Å². The van der Waals surface area contributed by atoms with Crippen LogP contribution in [0.3, 0.4) is 0 Å². The molecule has 0 aliphatic rings. The summed E-state index contributed by atoms with van der Waals surface area (Å²) >= 11 is 0. The maximum absolute atomic E-state index is 10.5. The van der Waals surface area contributed by atoms with Crippen LogP contribution in [0.1, 0.15) is 0 Å². The van der Waals surface area contributed by atoms with Gasteiger partial charge in [-0.05, 0) is 14.6 Å². The predicted molar refractivity (Wildman–Crippen MR) is 107 cm³/mol. The molecule has 0 aliphatic carbocycles. The Balaban J connectivity index is 0.000000429. The van der Waals surface area contributed by atoms with Crippen molar-refractivity contribution in [3.8, 4) is 0 Å². The first-order chi connectivity index (χ1) is 14.5. The highest BCUT2D eigenvalue weighted by molar-refractivity contribution is 5.29. The van der Waals surface area contributed by atoms with E-state index in [2.05, 4.69) is 15.8 Å². The van der Waals surface area contributed by atoms with Gasteiger partial charge in [0.05, 0.1) is 0 Å². The number of nitrogens with zero attached hydrogens (tertiary/aromatic N) is 6. The van der Waals surface area contributed by atoms with Crippen LogP contribution in [-0.4, -0.2) is 30.2 Å². The van der Waals surface area contributed by atoms with Crippen molar-refractivity contribution in [3.63, 3.8) is 0 Å². The molecule has 6 N–H and O–H groups in total. The van der Waals surface area contributed by atoms with Gasteiger partial charge in [0.15, 0.2) is 0 Å². The second-order valence-electron chi connectivity index (χ2n) is 5.09. The molecule has 0 aromatic heterocycles. The number of hydrogen-bond acceptors (Lipinski definition) is 7. The fourth-order valence-electron chi connectivity index (χ4n) is 1.82. The van der Waals surface area contributed by atoms with Gasteiger partial charge in [0.1, 0.15) is 0 Å². The predicted octanol–water partition coefficient (Wildman–Crippen LogP) is 5.17. The summed E-state index contributed by atoms with van der Waals surface area (Å²) in [5.74, 6) is 0. The highest BCUT2D eigenvalue weighted by Crippen LogP contribution is 2.09. The van der Waals surface area contributed by atoms with Crippen molar-refractivity contribution in [3.05, 3.63) is 107 Å². The lowest BCUT2D eigenvalue weighted by Crippen LogP contribution is -1.88. The smallest absolute Gasteiger partial charge is 0.248 e. The summed E-state index contributed by atoms with van der Waals surface area (Å²) in [5, 5.41) is 62.9. The lowest BCUT2D eigenvalue weighted by Gasteiger charge is -1.93. The number of benzene rings is 3. The molecule has 0 spiro atoms. The fourth-order valence-corrected chi connectivity index (χ4v) is 1.82. The van der Waals surface area contributed by atoms with E-state index in [-0.39, 0.29) is 20.7 Å². The topological polar surface area (TPSA) is 211 Å². The molecule has 13 heteroatoms. The van der Waals surface area contributed by atoms with Crippen molar-refractivity contribution in [2.75, 3.05) is 0 Å². The number of para-hydroxylation sites is 3. The molecule has 13 nitrogen and oxygen atoms in total. The highest BCUT2D eigenvalue weighted by Gasteiger charge is 1.99. The van der Waals surface area contributed by atoms with Crippen LogP contribution < -0.4 is 6.15 Å². The first-order valence-electron chi connectivity index (χ1n) is 8.15. The average molecular weight is 431 g/mol. The van der Waals surface area contributed by atoms with E-state index < -0.39 is 0 Å². The normalized spacial score (nSPS) is 11.0. The van der Waals surface area contributed by atoms with Crippen molar-refractivity contribution in [1.82, 2.24) is 6.15 Å². The Hall–Kier alpha value is -4.78. The second kappa shape index (κ2) is 15.2. The second-order valence-corrected chi connectivity index (χ2v) is 5.09. The highest BCUT2D eigenvalue weighted by atomic mass is 16.6. The van der Waals surface area contributed by atoms with E-state index in [0.29, 0.717) is 17.1 Å². The van der Waals surface area contributed by atoms with Crippen molar-refractivity contribution in [1.29, 1.82) is 0 Å². The Bertz CT molecular complexity index is 828. The van der Waals surface area contributed by atoms with Gasteiger partial charge in [-0.1, -0.05) is 54.6 Å². The Morgan fingerprint density at radius 3 is 0.806 bits per heavy atom. The molecular weight excluding hydrogens is 410 g/mol. The summed E-state index contributed by atoms with van der Waals surface area (Å²) in [7, 11) is 0. The molecule has 0 saturated heterocycles. The molecule has 3 rings (SSSR count). The van der Waals surface area contributed by atoms with E-state index >= 15 is 0 Å². The summed E-state index contributed by atoms with van der Waals surface area (Å²) in [6, 6.07) is 24.7. The average Bonchev–Trinajstić information content (AvgIpc) is 2.85. The molecule has 0 fully saturated rings. The molecule has 0 amide bonds. The monoisotopic (exact) mass is 431 g/mol. The van der Waals surface area contributed by atoms with Gasteiger partial charge in [-0.15, -0.1) is 0 Å². The molecule has 0 atom stereocenters. The number of hydrogen-bond donors (Lipinski definition) is 4. The third kappa shape index (κ3) is 9.82. The minimum Gasteiger partial charge on any atom is -0.592 e. The Morgan fingerprint density at radius 2 is 0.645 bits per heavy atom. The Kier molecular flexibility index (Phi) is 12.8. The van der Waals surface area contributed by atoms with Gasteiger partial charge in [-0.25, -0.2) is 0 Å². The SMILES string of the molecule is N.[O-][N+](=NO)c1ccccc1.[O-][N+](=NO)c1ccccc1.[O-][N+](=NO)c1ccccc1. The summed E-state index contributed by atoms with van der Waals surface area (Å²) in [5.41, 5.74) is 0.931. The summed E-state index contributed by atoms with van der Waals surface area (Å²) in [6.07, 6.45) is 0. The van der Waals surface area contributed by atoms with Crippen molar-refractivity contribution in [2.45, 2.75) is 0 Å². The van der Waals surface area contributed by atoms with Crippen molar-refractivity contribution >= 4 is 17.1 Å². The van der Waals surface area contributed by atoms with Gasteiger partial charge >= 0.3 is 0 Å². The minimum atomic E-state index is 0. The summed E-state index contributed by atoms with van der Waals surface area (Å²) in [6.45, 7) is 0. The molecule has 0 heterocycles. The molecular formula is C18H21N7O6. The zero-order valence-corrected chi connectivity index (χ0v) is 16.1.